The molecule has 5 nitrogen and oxygen atoms in total. The van der Waals surface area contributed by atoms with Gasteiger partial charge in [-0.1, -0.05) is 18.2 Å². The Morgan fingerprint density at radius 2 is 1.96 bits per heavy atom. The predicted octanol–water partition coefficient (Wildman–Crippen LogP) is 4.46. The molecule has 27 heavy (non-hydrogen) atoms. The molecule has 0 aliphatic heterocycles. The number of methoxy groups -OCH3 is 1. The zero-order valence-corrected chi connectivity index (χ0v) is 15.0. The molecule has 0 atom stereocenters. The Morgan fingerprint density at radius 3 is 2.59 bits per heavy atom. The van der Waals surface area contributed by atoms with E-state index in [1.54, 1.807) is 12.1 Å². The molecule has 0 aliphatic rings. The molecule has 0 unspecified atom stereocenters. The second-order valence-corrected chi connectivity index (χ2v) is 5.66. The summed E-state index contributed by atoms with van der Waals surface area (Å²) in [6.45, 7) is 0.799. The Hall–Kier alpha value is -3.40. The first-order valence-electron chi connectivity index (χ1n) is 7.98. The zero-order chi connectivity index (χ0) is 20.0. The number of alkyl halides is 2. The predicted molar refractivity (Wildman–Crippen MR) is 97.8 cm³/mol. The minimum Gasteiger partial charge on any atom is -0.493 e. The molecule has 0 radical (unpaired) electrons. The molecule has 1 N–H and O–H groups in total. The van der Waals surface area contributed by atoms with Gasteiger partial charge in [0.2, 0.25) is 0 Å². The number of hydrogen-bond donors (Lipinski definition) is 1. The second kappa shape index (κ2) is 8.81. The van der Waals surface area contributed by atoms with Crippen molar-refractivity contribution in [3.05, 3.63) is 58.7 Å². The van der Waals surface area contributed by atoms with Crippen molar-refractivity contribution < 1.29 is 23.0 Å². The SMILES string of the molecule is COc1cc(/C=C(/C#N)C(=O)Nc2cccc(C)c2C)ccc1OC(F)F. The van der Waals surface area contributed by atoms with E-state index in [4.69, 9.17) is 4.74 Å². The van der Waals surface area contributed by atoms with Crippen LogP contribution in [0, 0.1) is 25.2 Å². The van der Waals surface area contributed by atoms with Crippen LogP contribution in [0.15, 0.2) is 42.0 Å². The molecule has 0 bridgehead atoms. The van der Waals surface area contributed by atoms with Crippen LogP contribution in [0.25, 0.3) is 6.08 Å². The lowest BCUT2D eigenvalue weighted by Gasteiger charge is -2.11. The number of halogens is 2. The quantitative estimate of drug-likeness (QED) is 0.600. The largest absolute Gasteiger partial charge is 0.493 e. The first-order chi connectivity index (χ1) is 12.8. The van der Waals surface area contributed by atoms with Crippen molar-refractivity contribution in [3.63, 3.8) is 0 Å². The number of aryl methyl sites for hydroxylation is 1. The van der Waals surface area contributed by atoms with Crippen LogP contribution in [0.4, 0.5) is 14.5 Å². The van der Waals surface area contributed by atoms with Gasteiger partial charge in [0.25, 0.3) is 5.91 Å². The second-order valence-electron chi connectivity index (χ2n) is 5.66. The molecular weight excluding hydrogens is 354 g/mol. The summed E-state index contributed by atoms with van der Waals surface area (Å²) in [6, 6.07) is 11.5. The molecule has 0 aliphatic carbocycles. The van der Waals surface area contributed by atoms with E-state index in [0.717, 1.165) is 11.1 Å². The summed E-state index contributed by atoms with van der Waals surface area (Å²) in [7, 11) is 1.31. The fourth-order valence-corrected chi connectivity index (χ4v) is 2.36. The number of hydrogen-bond acceptors (Lipinski definition) is 4. The molecule has 1 amide bonds. The fourth-order valence-electron chi connectivity index (χ4n) is 2.36. The highest BCUT2D eigenvalue weighted by Gasteiger charge is 2.14. The number of nitrogens with zero attached hydrogens (tertiary/aromatic N) is 1. The van der Waals surface area contributed by atoms with E-state index in [2.05, 4.69) is 10.1 Å². The minimum atomic E-state index is -2.99. The lowest BCUT2D eigenvalue weighted by molar-refractivity contribution is -0.112. The van der Waals surface area contributed by atoms with Gasteiger partial charge in [-0.15, -0.1) is 0 Å². The summed E-state index contributed by atoms with van der Waals surface area (Å²) in [6.07, 6.45) is 1.34. The zero-order valence-electron chi connectivity index (χ0n) is 15.0. The van der Waals surface area contributed by atoms with Gasteiger partial charge in [-0.05, 0) is 54.8 Å². The van der Waals surface area contributed by atoms with E-state index < -0.39 is 12.5 Å². The molecule has 7 heteroatoms. The van der Waals surface area contributed by atoms with Gasteiger partial charge in [-0.3, -0.25) is 4.79 Å². The number of anilines is 1. The summed E-state index contributed by atoms with van der Waals surface area (Å²) >= 11 is 0. The van der Waals surface area contributed by atoms with Crippen molar-refractivity contribution in [1.82, 2.24) is 0 Å². The average molecular weight is 372 g/mol. The first kappa shape index (κ1) is 19.9. The third kappa shape index (κ3) is 5.05. The third-order valence-corrected chi connectivity index (χ3v) is 3.93. The summed E-state index contributed by atoms with van der Waals surface area (Å²) in [4.78, 5) is 12.4. The van der Waals surface area contributed by atoms with E-state index in [9.17, 15) is 18.8 Å². The van der Waals surface area contributed by atoms with Gasteiger partial charge < -0.3 is 14.8 Å². The number of rotatable bonds is 6. The van der Waals surface area contributed by atoms with Crippen LogP contribution in [0.3, 0.4) is 0 Å². The van der Waals surface area contributed by atoms with Crippen molar-refractivity contribution in [3.8, 4) is 17.6 Å². The van der Waals surface area contributed by atoms with E-state index in [1.165, 1.54) is 31.4 Å². The summed E-state index contributed by atoms with van der Waals surface area (Å²) in [5.74, 6) is -0.641. The van der Waals surface area contributed by atoms with Gasteiger partial charge >= 0.3 is 6.61 Å². The van der Waals surface area contributed by atoms with Crippen LogP contribution < -0.4 is 14.8 Å². The van der Waals surface area contributed by atoms with Crippen LogP contribution >= 0.6 is 0 Å². The fraction of sp³-hybridized carbons (Fsp3) is 0.200. The lowest BCUT2D eigenvalue weighted by atomic mass is 10.1. The number of nitriles is 1. The van der Waals surface area contributed by atoms with E-state index in [-0.39, 0.29) is 17.1 Å². The Balaban J connectivity index is 2.28. The molecule has 0 saturated heterocycles. The normalized spacial score (nSPS) is 11.1. The van der Waals surface area contributed by atoms with Crippen LogP contribution in [-0.2, 0) is 4.79 Å². The van der Waals surface area contributed by atoms with Crippen molar-refractivity contribution in [1.29, 1.82) is 5.26 Å². The summed E-state index contributed by atoms with van der Waals surface area (Å²) in [5, 5.41) is 12.0. The molecule has 2 aromatic carbocycles. The van der Waals surface area contributed by atoms with Gasteiger partial charge in [0.15, 0.2) is 11.5 Å². The van der Waals surface area contributed by atoms with Gasteiger partial charge in [-0.25, -0.2) is 0 Å². The average Bonchev–Trinajstić information content (AvgIpc) is 2.63. The Labute approximate surface area is 155 Å². The van der Waals surface area contributed by atoms with Crippen molar-refractivity contribution in [2.45, 2.75) is 20.5 Å². The highest BCUT2D eigenvalue weighted by atomic mass is 19.3. The first-order valence-corrected chi connectivity index (χ1v) is 7.98. The van der Waals surface area contributed by atoms with Crippen LogP contribution in [0.1, 0.15) is 16.7 Å². The number of nitrogens with one attached hydrogen (secondary N) is 1. The number of ether oxygens (including phenoxy) is 2. The monoisotopic (exact) mass is 372 g/mol. The molecule has 140 valence electrons. The van der Waals surface area contributed by atoms with Crippen LogP contribution in [0.5, 0.6) is 11.5 Å². The van der Waals surface area contributed by atoms with Crippen LogP contribution in [0.2, 0.25) is 0 Å². The number of carbonyl (C=O) groups excluding carboxylic acids is 1. The van der Waals surface area contributed by atoms with Crippen molar-refractivity contribution >= 4 is 17.7 Å². The number of benzene rings is 2. The molecule has 0 aromatic heterocycles. The summed E-state index contributed by atoms with van der Waals surface area (Å²) in [5.41, 5.74) is 2.81. The van der Waals surface area contributed by atoms with Gasteiger partial charge in [0.05, 0.1) is 7.11 Å². The number of carbonyl (C=O) groups is 1. The minimum absolute atomic E-state index is 0.0660. The Bertz CT molecular complexity index is 918. The summed E-state index contributed by atoms with van der Waals surface area (Å²) < 4.78 is 34.1. The highest BCUT2D eigenvalue weighted by Crippen LogP contribution is 2.30. The maximum atomic E-state index is 12.4. The molecular formula is C20H18F2N2O3. The molecule has 2 aromatic rings. The molecule has 0 heterocycles. The standard InChI is InChI=1S/C20H18F2N2O3/c1-12-5-4-6-16(13(12)2)24-19(25)15(11-23)9-14-7-8-17(27-20(21)22)18(10-14)26-3/h4-10,20H,1-3H3,(H,24,25)/b15-9-. The van der Waals surface area contributed by atoms with E-state index in [1.807, 2.05) is 26.0 Å². The van der Waals surface area contributed by atoms with E-state index in [0.29, 0.717) is 11.3 Å². The van der Waals surface area contributed by atoms with Crippen molar-refractivity contribution in [2.75, 3.05) is 12.4 Å². The van der Waals surface area contributed by atoms with Gasteiger partial charge in [-0.2, -0.15) is 14.0 Å². The molecule has 0 saturated carbocycles. The topological polar surface area (TPSA) is 71.3 Å². The van der Waals surface area contributed by atoms with E-state index >= 15 is 0 Å². The Morgan fingerprint density at radius 1 is 1.22 bits per heavy atom. The maximum absolute atomic E-state index is 12.4. The number of amides is 1. The molecule has 0 spiro atoms. The Kier molecular flexibility index (Phi) is 6.50. The van der Waals surface area contributed by atoms with Gasteiger partial charge in [0, 0.05) is 5.69 Å². The van der Waals surface area contributed by atoms with Crippen LogP contribution in [-0.4, -0.2) is 19.6 Å². The van der Waals surface area contributed by atoms with Crippen molar-refractivity contribution in [2.24, 2.45) is 0 Å². The smallest absolute Gasteiger partial charge is 0.387 e. The maximum Gasteiger partial charge on any atom is 0.387 e. The molecule has 0 fully saturated rings. The molecule has 2 rings (SSSR count). The third-order valence-electron chi connectivity index (χ3n) is 3.93. The highest BCUT2D eigenvalue weighted by molar-refractivity contribution is 6.10. The van der Waals surface area contributed by atoms with Gasteiger partial charge in [0.1, 0.15) is 11.6 Å². The lowest BCUT2D eigenvalue weighted by Crippen LogP contribution is -2.14.